The number of halogens is 1. The highest BCUT2D eigenvalue weighted by molar-refractivity contribution is 6.30. The monoisotopic (exact) mass is 237 g/mol. The molecule has 0 aliphatic heterocycles. The number of aryl methyl sites for hydroxylation is 1. The summed E-state index contributed by atoms with van der Waals surface area (Å²) in [7, 11) is 0. The van der Waals surface area contributed by atoms with E-state index in [0.717, 1.165) is 17.9 Å². The first kappa shape index (κ1) is 11.9. The molecule has 88 valence electrons. The van der Waals surface area contributed by atoms with Crippen LogP contribution in [-0.2, 0) is 5.54 Å². The summed E-state index contributed by atoms with van der Waals surface area (Å²) < 4.78 is 0. The van der Waals surface area contributed by atoms with Crippen LogP contribution in [0.25, 0.3) is 0 Å². The van der Waals surface area contributed by atoms with Gasteiger partial charge in [0.1, 0.15) is 0 Å². The second-order valence-electron chi connectivity index (χ2n) is 5.03. The van der Waals surface area contributed by atoms with Gasteiger partial charge in [-0.2, -0.15) is 0 Å². The lowest BCUT2D eigenvalue weighted by molar-refractivity contribution is 0.383. The molecule has 1 aliphatic carbocycles. The summed E-state index contributed by atoms with van der Waals surface area (Å²) in [4.78, 5) is 0. The van der Waals surface area contributed by atoms with E-state index in [0.29, 0.717) is 0 Å². The van der Waals surface area contributed by atoms with Crippen molar-refractivity contribution >= 4 is 11.6 Å². The molecule has 1 aromatic carbocycles. The molecular formula is C14H20ClN. The molecule has 0 aromatic heterocycles. The van der Waals surface area contributed by atoms with Gasteiger partial charge in [0.25, 0.3) is 0 Å². The molecule has 1 nitrogen and oxygen atoms in total. The second-order valence-corrected chi connectivity index (χ2v) is 5.47. The summed E-state index contributed by atoms with van der Waals surface area (Å²) in [6.45, 7) is 2.13. The predicted molar refractivity (Wildman–Crippen MR) is 69.8 cm³/mol. The molecule has 2 rings (SSSR count). The Labute approximate surface area is 103 Å². The highest BCUT2D eigenvalue weighted by atomic mass is 35.5. The molecule has 0 radical (unpaired) electrons. The Morgan fingerprint density at radius 1 is 1.12 bits per heavy atom. The van der Waals surface area contributed by atoms with E-state index < -0.39 is 0 Å². The number of benzene rings is 1. The fourth-order valence-electron chi connectivity index (χ4n) is 2.76. The zero-order chi connectivity index (χ0) is 11.6. The van der Waals surface area contributed by atoms with Crippen LogP contribution in [0, 0.1) is 6.92 Å². The zero-order valence-electron chi connectivity index (χ0n) is 9.93. The number of hydrogen-bond acceptors (Lipinski definition) is 1. The van der Waals surface area contributed by atoms with Gasteiger partial charge in [0.2, 0.25) is 0 Å². The average molecular weight is 238 g/mol. The highest BCUT2D eigenvalue weighted by Gasteiger charge is 2.29. The molecule has 0 heterocycles. The molecule has 0 bridgehead atoms. The minimum atomic E-state index is -0.147. The smallest absolute Gasteiger partial charge is 0.0412 e. The summed E-state index contributed by atoms with van der Waals surface area (Å²) in [5.74, 6) is 0. The van der Waals surface area contributed by atoms with E-state index in [4.69, 9.17) is 17.3 Å². The summed E-state index contributed by atoms with van der Waals surface area (Å²) in [5.41, 5.74) is 8.97. The highest BCUT2D eigenvalue weighted by Crippen LogP contribution is 2.36. The summed E-state index contributed by atoms with van der Waals surface area (Å²) >= 11 is 6.08. The first-order valence-electron chi connectivity index (χ1n) is 6.17. The summed E-state index contributed by atoms with van der Waals surface area (Å²) in [6.07, 6.45) is 7.30. The quantitative estimate of drug-likeness (QED) is 0.730. The Kier molecular flexibility index (Phi) is 3.56. The van der Waals surface area contributed by atoms with E-state index in [-0.39, 0.29) is 5.54 Å². The average Bonchev–Trinajstić information content (AvgIpc) is 2.48. The maximum atomic E-state index is 6.59. The fraction of sp³-hybridized carbons (Fsp3) is 0.571. The molecule has 0 atom stereocenters. The zero-order valence-corrected chi connectivity index (χ0v) is 10.7. The van der Waals surface area contributed by atoms with Gasteiger partial charge >= 0.3 is 0 Å². The molecule has 16 heavy (non-hydrogen) atoms. The van der Waals surface area contributed by atoms with Crippen LogP contribution in [-0.4, -0.2) is 0 Å². The van der Waals surface area contributed by atoms with Crippen molar-refractivity contribution in [2.45, 2.75) is 51.0 Å². The van der Waals surface area contributed by atoms with Crippen molar-refractivity contribution in [3.05, 3.63) is 34.3 Å². The van der Waals surface area contributed by atoms with Gasteiger partial charge in [0.15, 0.2) is 0 Å². The number of hydrogen-bond donors (Lipinski definition) is 1. The molecule has 1 aromatic rings. The molecule has 0 saturated heterocycles. The van der Waals surface area contributed by atoms with Gasteiger partial charge in [0.05, 0.1) is 0 Å². The minimum Gasteiger partial charge on any atom is -0.321 e. The van der Waals surface area contributed by atoms with Crippen molar-refractivity contribution in [3.8, 4) is 0 Å². The maximum absolute atomic E-state index is 6.59. The molecule has 1 aliphatic rings. The first-order chi connectivity index (χ1) is 7.62. The molecule has 0 unspecified atom stereocenters. The Morgan fingerprint density at radius 3 is 2.38 bits per heavy atom. The van der Waals surface area contributed by atoms with E-state index in [1.165, 1.54) is 36.8 Å². The second kappa shape index (κ2) is 4.77. The minimum absolute atomic E-state index is 0.147. The van der Waals surface area contributed by atoms with Gasteiger partial charge in [-0.25, -0.2) is 0 Å². The van der Waals surface area contributed by atoms with Crippen LogP contribution in [0.3, 0.4) is 0 Å². The van der Waals surface area contributed by atoms with Crippen molar-refractivity contribution in [1.29, 1.82) is 0 Å². The normalized spacial score (nSPS) is 20.4. The lowest BCUT2D eigenvalue weighted by Gasteiger charge is -2.30. The van der Waals surface area contributed by atoms with Crippen molar-refractivity contribution in [1.82, 2.24) is 0 Å². The largest absolute Gasteiger partial charge is 0.321 e. The van der Waals surface area contributed by atoms with E-state index in [9.17, 15) is 0 Å². The van der Waals surface area contributed by atoms with Gasteiger partial charge < -0.3 is 5.73 Å². The Morgan fingerprint density at radius 2 is 1.75 bits per heavy atom. The topological polar surface area (TPSA) is 26.0 Å². The SMILES string of the molecule is Cc1ccc(Cl)cc1C1(N)CCCCCC1. The molecule has 0 amide bonds. The van der Waals surface area contributed by atoms with Crippen LogP contribution < -0.4 is 5.73 Å². The van der Waals surface area contributed by atoms with Gasteiger partial charge in [0, 0.05) is 10.6 Å². The van der Waals surface area contributed by atoms with E-state index in [1.54, 1.807) is 0 Å². The third kappa shape index (κ3) is 2.41. The number of rotatable bonds is 1. The third-order valence-electron chi connectivity index (χ3n) is 3.73. The molecule has 2 heteroatoms. The summed E-state index contributed by atoms with van der Waals surface area (Å²) in [6, 6.07) is 6.08. The van der Waals surface area contributed by atoms with Crippen LogP contribution in [0.15, 0.2) is 18.2 Å². The molecule has 1 saturated carbocycles. The maximum Gasteiger partial charge on any atom is 0.0412 e. The van der Waals surface area contributed by atoms with Crippen LogP contribution in [0.5, 0.6) is 0 Å². The standard InChI is InChI=1S/C14H20ClN/c1-11-6-7-12(15)10-13(11)14(16)8-4-2-3-5-9-14/h6-7,10H,2-5,8-9,16H2,1H3. The summed E-state index contributed by atoms with van der Waals surface area (Å²) in [5, 5.41) is 0.801. The fourth-order valence-corrected chi connectivity index (χ4v) is 2.93. The molecule has 0 spiro atoms. The molecule has 1 fully saturated rings. The van der Waals surface area contributed by atoms with E-state index in [1.807, 2.05) is 6.07 Å². The molecular weight excluding hydrogens is 218 g/mol. The van der Waals surface area contributed by atoms with Crippen LogP contribution in [0.2, 0.25) is 5.02 Å². The first-order valence-corrected chi connectivity index (χ1v) is 6.55. The van der Waals surface area contributed by atoms with E-state index >= 15 is 0 Å². The number of nitrogens with two attached hydrogens (primary N) is 1. The van der Waals surface area contributed by atoms with Crippen molar-refractivity contribution in [3.63, 3.8) is 0 Å². The van der Waals surface area contributed by atoms with Crippen molar-refractivity contribution < 1.29 is 0 Å². The van der Waals surface area contributed by atoms with Crippen LogP contribution in [0.1, 0.15) is 49.7 Å². The predicted octanol–water partition coefficient (Wildman–Crippen LogP) is 4.16. The lowest BCUT2D eigenvalue weighted by Crippen LogP contribution is -2.36. The lowest BCUT2D eigenvalue weighted by atomic mass is 9.82. The van der Waals surface area contributed by atoms with Gasteiger partial charge in [-0.3, -0.25) is 0 Å². The Hall–Kier alpha value is -0.530. The third-order valence-corrected chi connectivity index (χ3v) is 3.97. The van der Waals surface area contributed by atoms with Crippen molar-refractivity contribution in [2.75, 3.05) is 0 Å². The van der Waals surface area contributed by atoms with Crippen molar-refractivity contribution in [2.24, 2.45) is 5.73 Å². The molecule has 2 N–H and O–H groups in total. The Bertz CT molecular complexity index is 365. The van der Waals surface area contributed by atoms with E-state index in [2.05, 4.69) is 19.1 Å². The van der Waals surface area contributed by atoms with Crippen LogP contribution in [0.4, 0.5) is 0 Å². The van der Waals surface area contributed by atoms with Crippen LogP contribution >= 0.6 is 11.6 Å². The Balaban J connectivity index is 2.36. The van der Waals surface area contributed by atoms with Gasteiger partial charge in [-0.05, 0) is 43.0 Å². The van der Waals surface area contributed by atoms with Gasteiger partial charge in [-0.15, -0.1) is 0 Å². The van der Waals surface area contributed by atoms with Gasteiger partial charge in [-0.1, -0.05) is 43.4 Å².